The number of aromatic amines is 2. The molecule has 0 atom stereocenters. The van der Waals surface area contributed by atoms with Crippen molar-refractivity contribution in [3.63, 3.8) is 0 Å². The first-order valence-electron chi connectivity index (χ1n) is 6.30. The van der Waals surface area contributed by atoms with E-state index in [9.17, 15) is 18.8 Å². The molecule has 1 heterocycles. The number of rotatable bonds is 5. The number of amides is 1. The summed E-state index contributed by atoms with van der Waals surface area (Å²) in [5.41, 5.74) is 1.61. The summed E-state index contributed by atoms with van der Waals surface area (Å²) in [5.74, 6) is -0.787. The second kappa shape index (κ2) is 7.07. The largest absolute Gasteiger partial charge is 0.342 e. The number of H-pyrrole nitrogens is 2. The third kappa shape index (κ3) is 4.47. The summed E-state index contributed by atoms with van der Waals surface area (Å²) >= 11 is 0. The van der Waals surface area contributed by atoms with E-state index in [0.29, 0.717) is 5.56 Å². The lowest BCUT2D eigenvalue weighted by atomic mass is 10.2. The van der Waals surface area contributed by atoms with Gasteiger partial charge < -0.3 is 0 Å². The van der Waals surface area contributed by atoms with Gasteiger partial charge in [-0.05, 0) is 17.7 Å². The molecule has 0 bridgehead atoms. The van der Waals surface area contributed by atoms with Crippen LogP contribution in [0, 0.1) is 5.82 Å². The highest BCUT2D eigenvalue weighted by molar-refractivity contribution is 5.82. The average Bonchev–Trinajstić information content (AvgIpc) is 2.48. The molecule has 0 radical (unpaired) electrons. The van der Waals surface area contributed by atoms with E-state index in [1.54, 1.807) is 0 Å². The molecule has 22 heavy (non-hydrogen) atoms. The van der Waals surface area contributed by atoms with Gasteiger partial charge in [-0.25, -0.2) is 19.7 Å². The molecule has 0 aliphatic heterocycles. The number of carbonyl (C=O) groups is 1. The molecule has 1 aromatic carbocycles. The van der Waals surface area contributed by atoms with E-state index in [2.05, 4.69) is 20.7 Å². The third-order valence-electron chi connectivity index (χ3n) is 2.64. The number of halogens is 1. The summed E-state index contributed by atoms with van der Waals surface area (Å²) in [7, 11) is 0. The predicted molar refractivity (Wildman–Crippen MR) is 75.9 cm³/mol. The van der Waals surface area contributed by atoms with Gasteiger partial charge in [0.15, 0.2) is 0 Å². The van der Waals surface area contributed by atoms with Crippen molar-refractivity contribution in [3.8, 4) is 0 Å². The normalized spacial score (nSPS) is 10.8. The van der Waals surface area contributed by atoms with E-state index in [1.165, 1.54) is 30.5 Å². The van der Waals surface area contributed by atoms with Crippen molar-refractivity contribution in [2.45, 2.75) is 12.8 Å². The van der Waals surface area contributed by atoms with E-state index in [-0.39, 0.29) is 24.4 Å². The molecule has 0 saturated heterocycles. The van der Waals surface area contributed by atoms with Gasteiger partial charge in [-0.1, -0.05) is 12.1 Å². The number of carbonyl (C=O) groups excluding carboxylic acids is 1. The number of aryl methyl sites for hydroxylation is 1. The van der Waals surface area contributed by atoms with Crippen LogP contribution in [0.2, 0.25) is 0 Å². The fourth-order valence-electron chi connectivity index (χ4n) is 1.56. The summed E-state index contributed by atoms with van der Waals surface area (Å²) in [6.45, 7) is 0. The maximum Gasteiger partial charge on any atom is 0.342 e. The van der Waals surface area contributed by atoms with Gasteiger partial charge >= 0.3 is 5.69 Å². The average molecular weight is 305 g/mol. The zero-order chi connectivity index (χ0) is 15.9. The molecule has 0 fully saturated rings. The van der Waals surface area contributed by atoms with Gasteiger partial charge in [0.1, 0.15) is 11.5 Å². The molecule has 114 valence electrons. The third-order valence-corrected chi connectivity index (χ3v) is 2.64. The summed E-state index contributed by atoms with van der Waals surface area (Å²) < 4.78 is 12.7. The van der Waals surface area contributed by atoms with Crippen LogP contribution in [0.4, 0.5) is 4.39 Å². The van der Waals surface area contributed by atoms with Crippen molar-refractivity contribution in [3.05, 3.63) is 62.2 Å². The minimum absolute atomic E-state index is 0.0249. The minimum Gasteiger partial charge on any atom is -0.273 e. The molecule has 1 amide bonds. The lowest BCUT2D eigenvalue weighted by molar-refractivity contribution is -0.121. The second-order valence-corrected chi connectivity index (χ2v) is 4.30. The van der Waals surface area contributed by atoms with Gasteiger partial charge in [0, 0.05) is 12.8 Å². The number of nitrogens with zero attached hydrogens (tertiary/aromatic N) is 2. The Morgan fingerprint density at radius 2 is 2.05 bits per heavy atom. The van der Waals surface area contributed by atoms with Gasteiger partial charge in [0.2, 0.25) is 5.91 Å². The molecule has 0 saturated carbocycles. The Balaban J connectivity index is 1.84. The van der Waals surface area contributed by atoms with Crippen LogP contribution in [0.15, 0.2) is 39.0 Å². The van der Waals surface area contributed by atoms with Gasteiger partial charge in [0.25, 0.3) is 5.56 Å². The van der Waals surface area contributed by atoms with Crippen molar-refractivity contribution in [1.82, 2.24) is 20.6 Å². The Hall–Kier alpha value is -3.10. The highest BCUT2D eigenvalue weighted by Gasteiger charge is 2.06. The molecule has 0 spiro atoms. The predicted octanol–water partition coefficient (Wildman–Crippen LogP) is -0.320. The second-order valence-electron chi connectivity index (χ2n) is 4.30. The van der Waals surface area contributed by atoms with Crippen LogP contribution < -0.4 is 16.7 Å². The van der Waals surface area contributed by atoms with Crippen molar-refractivity contribution in [2.75, 3.05) is 0 Å². The maximum absolute atomic E-state index is 12.7. The van der Waals surface area contributed by atoms with E-state index in [1.807, 2.05) is 4.98 Å². The first-order valence-corrected chi connectivity index (χ1v) is 6.30. The number of aromatic nitrogens is 3. The number of hydrogen-bond acceptors (Lipinski definition) is 5. The Morgan fingerprint density at radius 3 is 2.73 bits per heavy atom. The zero-order valence-electron chi connectivity index (χ0n) is 11.3. The summed E-state index contributed by atoms with van der Waals surface area (Å²) in [6.07, 6.45) is 1.40. The van der Waals surface area contributed by atoms with Gasteiger partial charge in [-0.2, -0.15) is 10.2 Å². The van der Waals surface area contributed by atoms with E-state index in [0.717, 1.165) is 0 Å². The molecule has 1 aromatic heterocycles. The van der Waals surface area contributed by atoms with Crippen molar-refractivity contribution >= 4 is 12.1 Å². The SMILES string of the molecule is O=C(CCc1n[nH]c(=O)[nH]c1=O)NN=Cc1ccc(F)cc1. The van der Waals surface area contributed by atoms with Crippen LogP contribution in [0.3, 0.4) is 0 Å². The molecule has 8 nitrogen and oxygen atoms in total. The zero-order valence-corrected chi connectivity index (χ0v) is 11.3. The molecule has 3 N–H and O–H groups in total. The molecular formula is C13H12FN5O3. The molecule has 2 aromatic rings. The van der Waals surface area contributed by atoms with Crippen LogP contribution in [0.5, 0.6) is 0 Å². The first-order chi connectivity index (χ1) is 10.5. The van der Waals surface area contributed by atoms with Crippen LogP contribution in [-0.4, -0.2) is 27.3 Å². The maximum atomic E-state index is 12.7. The highest BCUT2D eigenvalue weighted by atomic mass is 19.1. The van der Waals surface area contributed by atoms with Crippen molar-refractivity contribution < 1.29 is 9.18 Å². The highest BCUT2D eigenvalue weighted by Crippen LogP contribution is 1.99. The van der Waals surface area contributed by atoms with Crippen molar-refractivity contribution in [2.24, 2.45) is 5.10 Å². The van der Waals surface area contributed by atoms with Gasteiger partial charge in [-0.15, -0.1) is 0 Å². The topological polar surface area (TPSA) is 120 Å². The van der Waals surface area contributed by atoms with Crippen molar-refractivity contribution in [1.29, 1.82) is 0 Å². The Bertz CT molecular complexity index is 794. The molecule has 0 aliphatic rings. The monoisotopic (exact) mass is 305 g/mol. The Kier molecular flexibility index (Phi) is 4.91. The number of benzene rings is 1. The van der Waals surface area contributed by atoms with Gasteiger partial charge in [0.05, 0.1) is 6.21 Å². The van der Waals surface area contributed by atoms with Crippen LogP contribution >= 0.6 is 0 Å². The summed E-state index contributed by atoms with van der Waals surface area (Å²) in [6, 6.07) is 5.57. The van der Waals surface area contributed by atoms with Crippen LogP contribution in [0.25, 0.3) is 0 Å². The lowest BCUT2D eigenvalue weighted by Gasteiger charge is -1.99. The smallest absolute Gasteiger partial charge is 0.273 e. The summed E-state index contributed by atoms with van der Waals surface area (Å²) in [4.78, 5) is 35.7. The van der Waals surface area contributed by atoms with E-state index >= 15 is 0 Å². The number of hydrogen-bond donors (Lipinski definition) is 3. The lowest BCUT2D eigenvalue weighted by Crippen LogP contribution is -2.28. The quantitative estimate of drug-likeness (QED) is 0.518. The fourth-order valence-corrected chi connectivity index (χ4v) is 1.56. The number of hydrazone groups is 1. The standard InChI is InChI=1S/C13H12FN5O3/c14-9-3-1-8(2-4-9)7-15-18-11(20)6-5-10-12(21)16-13(22)19-17-10/h1-4,7H,5-6H2,(H,18,20)(H2,16,19,21,22). The Labute approximate surface area is 123 Å². The molecule has 9 heteroatoms. The van der Waals surface area contributed by atoms with E-state index < -0.39 is 17.2 Å². The van der Waals surface area contributed by atoms with Crippen LogP contribution in [0.1, 0.15) is 17.7 Å². The number of nitrogens with one attached hydrogen (secondary N) is 3. The first kappa shape index (κ1) is 15.3. The molecule has 0 aliphatic carbocycles. The Morgan fingerprint density at radius 1 is 1.32 bits per heavy atom. The van der Waals surface area contributed by atoms with E-state index in [4.69, 9.17) is 0 Å². The summed E-state index contributed by atoms with van der Waals surface area (Å²) in [5, 5.41) is 9.34. The molecular weight excluding hydrogens is 293 g/mol. The minimum atomic E-state index is -0.706. The van der Waals surface area contributed by atoms with Gasteiger partial charge in [-0.3, -0.25) is 14.6 Å². The fraction of sp³-hybridized carbons (Fsp3) is 0.154. The molecule has 2 rings (SSSR count). The van der Waals surface area contributed by atoms with Crippen LogP contribution in [-0.2, 0) is 11.2 Å². The molecule has 0 unspecified atom stereocenters.